The lowest BCUT2D eigenvalue weighted by molar-refractivity contribution is 0.0600. The molecular formula is C16H13IN2O3. The van der Waals surface area contributed by atoms with Crippen LogP contribution in [-0.2, 0) is 4.74 Å². The minimum atomic E-state index is -0.393. The van der Waals surface area contributed by atoms with Crippen molar-refractivity contribution in [1.82, 2.24) is 5.43 Å². The Morgan fingerprint density at radius 2 is 1.86 bits per heavy atom. The maximum absolute atomic E-state index is 11.9. The minimum absolute atomic E-state index is 0.277. The number of amides is 1. The van der Waals surface area contributed by atoms with Gasteiger partial charge in [-0.25, -0.2) is 10.2 Å². The largest absolute Gasteiger partial charge is 0.465 e. The van der Waals surface area contributed by atoms with Crippen molar-refractivity contribution in [2.75, 3.05) is 7.11 Å². The van der Waals surface area contributed by atoms with E-state index in [1.165, 1.54) is 13.3 Å². The third-order valence-electron chi connectivity index (χ3n) is 2.80. The van der Waals surface area contributed by atoms with Crippen molar-refractivity contribution in [3.63, 3.8) is 0 Å². The van der Waals surface area contributed by atoms with Gasteiger partial charge in [0.1, 0.15) is 0 Å². The van der Waals surface area contributed by atoms with Crippen LogP contribution in [0.1, 0.15) is 26.3 Å². The van der Waals surface area contributed by atoms with Gasteiger partial charge in [0.05, 0.1) is 18.9 Å². The third-order valence-corrected chi connectivity index (χ3v) is 3.47. The van der Waals surface area contributed by atoms with Crippen molar-refractivity contribution in [1.29, 1.82) is 0 Å². The molecule has 0 heterocycles. The van der Waals surface area contributed by atoms with Crippen LogP contribution in [-0.4, -0.2) is 25.2 Å². The number of halogens is 1. The van der Waals surface area contributed by atoms with Crippen LogP contribution in [0.4, 0.5) is 0 Å². The Hall–Kier alpha value is -2.22. The molecule has 2 aromatic rings. The number of benzene rings is 2. The second kappa shape index (κ2) is 7.69. The minimum Gasteiger partial charge on any atom is -0.465 e. The molecule has 0 radical (unpaired) electrons. The molecule has 0 aromatic heterocycles. The number of hydrazone groups is 1. The number of methoxy groups -OCH3 is 1. The molecule has 0 atom stereocenters. The molecule has 0 saturated heterocycles. The fourth-order valence-corrected chi connectivity index (χ4v) is 2.23. The molecule has 0 aliphatic heterocycles. The number of rotatable bonds is 4. The molecule has 0 saturated carbocycles. The molecule has 0 fully saturated rings. The van der Waals surface area contributed by atoms with Crippen LogP contribution in [0.25, 0.3) is 0 Å². The fourth-order valence-electron chi connectivity index (χ4n) is 1.68. The van der Waals surface area contributed by atoms with Crippen LogP contribution in [0, 0.1) is 3.57 Å². The number of ether oxygens (including phenoxy) is 1. The highest BCUT2D eigenvalue weighted by molar-refractivity contribution is 14.1. The van der Waals surface area contributed by atoms with E-state index in [9.17, 15) is 9.59 Å². The summed E-state index contributed by atoms with van der Waals surface area (Å²) in [7, 11) is 1.33. The SMILES string of the molecule is COC(=O)c1ccc(/C=N\NC(=O)c2cccc(I)c2)cc1. The van der Waals surface area contributed by atoms with Crippen molar-refractivity contribution >= 4 is 40.7 Å². The molecule has 0 bridgehead atoms. The maximum atomic E-state index is 11.9. The molecule has 0 aliphatic carbocycles. The molecule has 0 unspecified atom stereocenters. The smallest absolute Gasteiger partial charge is 0.337 e. The van der Waals surface area contributed by atoms with Gasteiger partial charge in [0.2, 0.25) is 0 Å². The van der Waals surface area contributed by atoms with Gasteiger partial charge in [-0.2, -0.15) is 5.10 Å². The highest BCUT2D eigenvalue weighted by atomic mass is 127. The van der Waals surface area contributed by atoms with E-state index in [-0.39, 0.29) is 5.91 Å². The van der Waals surface area contributed by atoms with Crippen LogP contribution >= 0.6 is 22.6 Å². The lowest BCUT2D eigenvalue weighted by Gasteiger charge is -2.01. The van der Waals surface area contributed by atoms with E-state index in [1.54, 1.807) is 36.4 Å². The van der Waals surface area contributed by atoms with Crippen LogP contribution < -0.4 is 5.43 Å². The van der Waals surface area contributed by atoms with Crippen molar-refractivity contribution in [2.45, 2.75) is 0 Å². The second-order valence-corrected chi connectivity index (χ2v) is 5.57. The van der Waals surface area contributed by atoms with Gasteiger partial charge in [0, 0.05) is 9.13 Å². The number of nitrogens with one attached hydrogen (secondary N) is 1. The van der Waals surface area contributed by atoms with Gasteiger partial charge in [0.25, 0.3) is 5.91 Å². The number of hydrogen-bond donors (Lipinski definition) is 1. The van der Waals surface area contributed by atoms with Gasteiger partial charge >= 0.3 is 5.97 Å². The first-order chi connectivity index (χ1) is 10.6. The number of esters is 1. The van der Waals surface area contributed by atoms with Gasteiger partial charge < -0.3 is 4.74 Å². The average molecular weight is 408 g/mol. The van der Waals surface area contributed by atoms with E-state index >= 15 is 0 Å². The van der Waals surface area contributed by atoms with Gasteiger partial charge in [-0.05, 0) is 58.5 Å². The lowest BCUT2D eigenvalue weighted by atomic mass is 10.1. The van der Waals surface area contributed by atoms with Crippen molar-refractivity contribution in [3.05, 3.63) is 68.8 Å². The highest BCUT2D eigenvalue weighted by Crippen LogP contribution is 2.07. The van der Waals surface area contributed by atoms with Crippen LogP contribution in [0.15, 0.2) is 53.6 Å². The molecule has 6 heteroatoms. The quantitative estimate of drug-likeness (QED) is 0.366. The van der Waals surface area contributed by atoms with Crippen LogP contribution in [0.3, 0.4) is 0 Å². The number of carbonyl (C=O) groups excluding carboxylic acids is 2. The Balaban J connectivity index is 1.97. The van der Waals surface area contributed by atoms with Crippen molar-refractivity contribution in [2.24, 2.45) is 5.10 Å². The summed E-state index contributed by atoms with van der Waals surface area (Å²) in [4.78, 5) is 23.2. The topological polar surface area (TPSA) is 67.8 Å². The first kappa shape index (κ1) is 16.2. The van der Waals surface area contributed by atoms with Crippen molar-refractivity contribution < 1.29 is 14.3 Å². The maximum Gasteiger partial charge on any atom is 0.337 e. The molecule has 1 amide bonds. The molecule has 2 rings (SSSR count). The zero-order valence-electron chi connectivity index (χ0n) is 11.7. The van der Waals surface area contributed by atoms with E-state index in [1.807, 2.05) is 12.1 Å². The van der Waals surface area contributed by atoms with E-state index < -0.39 is 5.97 Å². The number of hydrogen-bond acceptors (Lipinski definition) is 4. The normalized spacial score (nSPS) is 10.5. The number of carbonyl (C=O) groups is 2. The molecule has 22 heavy (non-hydrogen) atoms. The van der Waals surface area contributed by atoms with E-state index in [0.29, 0.717) is 11.1 Å². The Kier molecular flexibility index (Phi) is 5.65. The van der Waals surface area contributed by atoms with Crippen LogP contribution in [0.2, 0.25) is 0 Å². The predicted molar refractivity (Wildman–Crippen MR) is 92.0 cm³/mol. The summed E-state index contributed by atoms with van der Waals surface area (Å²) in [6, 6.07) is 13.9. The van der Waals surface area contributed by atoms with E-state index in [2.05, 4.69) is 37.9 Å². The summed E-state index contributed by atoms with van der Waals surface area (Å²) in [6.45, 7) is 0. The predicted octanol–water partition coefficient (Wildman–Crippen LogP) is 2.84. The summed E-state index contributed by atoms with van der Waals surface area (Å²) in [5.74, 6) is -0.670. The number of nitrogens with zero attached hydrogens (tertiary/aromatic N) is 1. The molecule has 112 valence electrons. The zero-order valence-corrected chi connectivity index (χ0v) is 13.9. The third kappa shape index (κ3) is 4.39. The second-order valence-electron chi connectivity index (χ2n) is 4.32. The molecule has 0 spiro atoms. The van der Waals surface area contributed by atoms with E-state index in [0.717, 1.165) is 9.13 Å². The van der Waals surface area contributed by atoms with Gasteiger partial charge in [0.15, 0.2) is 0 Å². The fraction of sp³-hybridized carbons (Fsp3) is 0.0625. The first-order valence-electron chi connectivity index (χ1n) is 6.37. The lowest BCUT2D eigenvalue weighted by Crippen LogP contribution is -2.17. The van der Waals surface area contributed by atoms with Crippen LogP contribution in [0.5, 0.6) is 0 Å². The molecule has 2 aromatic carbocycles. The first-order valence-corrected chi connectivity index (χ1v) is 7.45. The Morgan fingerprint density at radius 1 is 1.14 bits per heavy atom. The zero-order chi connectivity index (χ0) is 15.9. The van der Waals surface area contributed by atoms with Crippen molar-refractivity contribution in [3.8, 4) is 0 Å². The molecular weight excluding hydrogens is 395 g/mol. The Labute approximate surface area is 141 Å². The summed E-state index contributed by atoms with van der Waals surface area (Å²) in [5.41, 5.74) is 4.23. The summed E-state index contributed by atoms with van der Waals surface area (Å²) < 4.78 is 5.60. The standard InChI is InChI=1S/C16H13IN2O3/c1-22-16(21)12-7-5-11(6-8-12)10-18-19-15(20)13-3-2-4-14(17)9-13/h2-10H,1H3,(H,19,20)/b18-10-. The highest BCUT2D eigenvalue weighted by Gasteiger charge is 2.05. The average Bonchev–Trinajstić information content (AvgIpc) is 2.54. The Morgan fingerprint density at radius 3 is 2.50 bits per heavy atom. The summed E-state index contributed by atoms with van der Waals surface area (Å²) >= 11 is 2.14. The Bertz CT molecular complexity index is 712. The molecule has 1 N–H and O–H groups in total. The van der Waals surface area contributed by atoms with Gasteiger partial charge in [-0.15, -0.1) is 0 Å². The van der Waals surface area contributed by atoms with Gasteiger partial charge in [-0.1, -0.05) is 18.2 Å². The van der Waals surface area contributed by atoms with Gasteiger partial charge in [-0.3, -0.25) is 4.79 Å². The monoisotopic (exact) mass is 408 g/mol. The molecule has 0 aliphatic rings. The summed E-state index contributed by atoms with van der Waals surface area (Å²) in [5, 5.41) is 3.90. The van der Waals surface area contributed by atoms with E-state index in [4.69, 9.17) is 0 Å². The summed E-state index contributed by atoms with van der Waals surface area (Å²) in [6.07, 6.45) is 1.51. The molecule has 5 nitrogen and oxygen atoms in total.